The fourth-order valence-electron chi connectivity index (χ4n) is 2.34. The minimum Gasteiger partial charge on any atom is -0.328 e. The van der Waals surface area contributed by atoms with Crippen LogP contribution >= 0.6 is 12.4 Å². The number of nitrogens with zero attached hydrogens (tertiary/aromatic N) is 2. The molecule has 6 nitrogen and oxygen atoms in total. The maximum atomic E-state index is 12.6. The minimum absolute atomic E-state index is 0. The van der Waals surface area contributed by atoms with Crippen LogP contribution in [0, 0.1) is 0 Å². The number of imidazole rings is 1. The van der Waals surface area contributed by atoms with E-state index in [-0.39, 0.29) is 23.6 Å². The van der Waals surface area contributed by atoms with Gasteiger partial charge in [0.2, 0.25) is 5.16 Å². The van der Waals surface area contributed by atoms with Crippen molar-refractivity contribution in [1.29, 1.82) is 0 Å². The van der Waals surface area contributed by atoms with Gasteiger partial charge in [-0.3, -0.25) is 0 Å². The number of aromatic amines is 1. The lowest BCUT2D eigenvalue weighted by molar-refractivity contribution is 0.282. The number of benzene rings is 1. The summed E-state index contributed by atoms with van der Waals surface area (Å²) in [5.41, 5.74) is 1.41. The Labute approximate surface area is 124 Å². The molecule has 2 heterocycles. The van der Waals surface area contributed by atoms with E-state index in [4.69, 9.17) is 0 Å². The lowest BCUT2D eigenvalue weighted by Crippen LogP contribution is -2.52. The molecule has 8 heteroatoms. The number of H-pyrrole nitrogens is 1. The van der Waals surface area contributed by atoms with Crippen molar-refractivity contribution in [2.24, 2.45) is 0 Å². The molecule has 110 valence electrons. The topological polar surface area (TPSA) is 78.1 Å². The van der Waals surface area contributed by atoms with E-state index in [2.05, 4.69) is 15.3 Å². The van der Waals surface area contributed by atoms with Crippen LogP contribution in [0.4, 0.5) is 0 Å². The molecular weight excluding hydrogens is 300 g/mol. The van der Waals surface area contributed by atoms with Crippen molar-refractivity contribution in [3.8, 4) is 0 Å². The van der Waals surface area contributed by atoms with Gasteiger partial charge in [0.15, 0.2) is 0 Å². The number of halogens is 1. The molecule has 0 saturated carbocycles. The highest BCUT2D eigenvalue weighted by atomic mass is 35.5. The molecule has 1 saturated heterocycles. The van der Waals surface area contributed by atoms with E-state index in [1.807, 2.05) is 25.1 Å². The van der Waals surface area contributed by atoms with Crippen LogP contribution < -0.4 is 5.32 Å². The minimum atomic E-state index is -3.55. The molecule has 0 radical (unpaired) electrons. The third-order valence-corrected chi connectivity index (χ3v) is 5.20. The molecule has 1 aliphatic heterocycles. The number of hydrogen-bond acceptors (Lipinski definition) is 4. The van der Waals surface area contributed by atoms with E-state index in [1.54, 1.807) is 6.07 Å². The summed E-state index contributed by atoms with van der Waals surface area (Å²) in [6, 6.07) is 7.25. The van der Waals surface area contributed by atoms with E-state index in [0.717, 1.165) is 5.52 Å². The molecule has 1 unspecified atom stereocenters. The van der Waals surface area contributed by atoms with E-state index in [9.17, 15) is 8.42 Å². The summed E-state index contributed by atoms with van der Waals surface area (Å²) in [6.45, 7) is 3.70. The van der Waals surface area contributed by atoms with Gasteiger partial charge in [0.25, 0.3) is 10.0 Å². The number of para-hydroxylation sites is 2. The Hall–Kier alpha value is -1.15. The normalized spacial score (nSPS) is 20.8. The molecule has 0 bridgehead atoms. The summed E-state index contributed by atoms with van der Waals surface area (Å²) in [6.07, 6.45) is 0. The van der Waals surface area contributed by atoms with E-state index in [1.165, 1.54) is 4.31 Å². The Balaban J connectivity index is 0.00000147. The van der Waals surface area contributed by atoms with Gasteiger partial charge in [-0.1, -0.05) is 12.1 Å². The van der Waals surface area contributed by atoms with Crippen LogP contribution in [0.15, 0.2) is 29.4 Å². The first kappa shape index (κ1) is 15.2. The highest BCUT2D eigenvalue weighted by Crippen LogP contribution is 2.20. The quantitative estimate of drug-likeness (QED) is 0.865. The highest BCUT2D eigenvalue weighted by molar-refractivity contribution is 7.89. The molecule has 1 aliphatic rings. The maximum Gasteiger partial charge on any atom is 0.277 e. The zero-order valence-electron chi connectivity index (χ0n) is 11.0. The van der Waals surface area contributed by atoms with Gasteiger partial charge in [-0.25, -0.2) is 13.4 Å². The van der Waals surface area contributed by atoms with Crippen LogP contribution in [0.5, 0.6) is 0 Å². The SMILES string of the molecule is CC1CNCCN1S(=O)(=O)c1nc2ccccc2[nH]1.Cl. The molecule has 1 fully saturated rings. The third-order valence-electron chi connectivity index (χ3n) is 3.36. The number of nitrogens with one attached hydrogen (secondary N) is 2. The van der Waals surface area contributed by atoms with E-state index < -0.39 is 10.0 Å². The molecule has 20 heavy (non-hydrogen) atoms. The second kappa shape index (κ2) is 5.69. The van der Waals surface area contributed by atoms with Crippen LogP contribution in [0.1, 0.15) is 6.92 Å². The first-order valence-electron chi connectivity index (χ1n) is 6.26. The summed E-state index contributed by atoms with van der Waals surface area (Å²) in [5.74, 6) is 0. The van der Waals surface area contributed by atoms with Crippen molar-refractivity contribution in [2.45, 2.75) is 18.1 Å². The van der Waals surface area contributed by atoms with Gasteiger partial charge < -0.3 is 10.3 Å². The van der Waals surface area contributed by atoms with Gasteiger partial charge in [0.05, 0.1) is 11.0 Å². The standard InChI is InChI=1S/C12H16N4O2S.ClH/c1-9-8-13-6-7-16(9)19(17,18)12-14-10-4-2-3-5-11(10)15-12;/h2-5,9,13H,6-8H2,1H3,(H,14,15);1H. The second-order valence-electron chi connectivity index (χ2n) is 4.73. The fourth-order valence-corrected chi connectivity index (χ4v) is 3.90. The summed E-state index contributed by atoms with van der Waals surface area (Å²) < 4.78 is 26.6. The van der Waals surface area contributed by atoms with Gasteiger partial charge in [0, 0.05) is 25.7 Å². The third kappa shape index (κ3) is 2.54. The summed E-state index contributed by atoms with van der Waals surface area (Å²) in [4.78, 5) is 7.08. The van der Waals surface area contributed by atoms with E-state index in [0.29, 0.717) is 25.2 Å². The Kier molecular flexibility index (Phi) is 4.33. The zero-order valence-corrected chi connectivity index (χ0v) is 12.7. The van der Waals surface area contributed by atoms with Crippen LogP contribution in [0.25, 0.3) is 11.0 Å². The highest BCUT2D eigenvalue weighted by Gasteiger charge is 2.33. The Bertz CT molecular complexity index is 667. The average Bonchev–Trinajstić information content (AvgIpc) is 2.83. The summed E-state index contributed by atoms with van der Waals surface area (Å²) >= 11 is 0. The number of fused-ring (bicyclic) bond motifs is 1. The first-order chi connectivity index (χ1) is 9.09. The van der Waals surface area contributed by atoms with Crippen molar-refractivity contribution >= 4 is 33.5 Å². The lowest BCUT2D eigenvalue weighted by atomic mass is 10.3. The van der Waals surface area contributed by atoms with Crippen molar-refractivity contribution in [3.63, 3.8) is 0 Å². The summed E-state index contributed by atoms with van der Waals surface area (Å²) in [5, 5.41) is 3.21. The van der Waals surface area contributed by atoms with Crippen molar-refractivity contribution in [1.82, 2.24) is 19.6 Å². The Morgan fingerprint density at radius 1 is 1.35 bits per heavy atom. The Morgan fingerprint density at radius 3 is 2.80 bits per heavy atom. The van der Waals surface area contributed by atoms with Crippen molar-refractivity contribution < 1.29 is 8.42 Å². The van der Waals surface area contributed by atoms with Crippen LogP contribution in [0.3, 0.4) is 0 Å². The predicted octanol–water partition coefficient (Wildman–Crippen LogP) is 0.967. The zero-order chi connectivity index (χ0) is 13.5. The number of sulfonamides is 1. The van der Waals surface area contributed by atoms with Crippen molar-refractivity contribution in [2.75, 3.05) is 19.6 Å². The molecular formula is C12H17ClN4O2S. The van der Waals surface area contributed by atoms with Crippen LogP contribution in [0.2, 0.25) is 0 Å². The van der Waals surface area contributed by atoms with Gasteiger partial charge in [-0.05, 0) is 19.1 Å². The monoisotopic (exact) mass is 316 g/mol. The molecule has 2 N–H and O–H groups in total. The smallest absolute Gasteiger partial charge is 0.277 e. The summed E-state index contributed by atoms with van der Waals surface area (Å²) in [7, 11) is -3.55. The fraction of sp³-hybridized carbons (Fsp3) is 0.417. The largest absolute Gasteiger partial charge is 0.328 e. The molecule has 0 spiro atoms. The molecule has 1 aromatic carbocycles. The van der Waals surface area contributed by atoms with Crippen LogP contribution in [-0.4, -0.2) is 48.4 Å². The average molecular weight is 317 g/mol. The Morgan fingerprint density at radius 2 is 2.10 bits per heavy atom. The van der Waals surface area contributed by atoms with Gasteiger partial charge in [-0.2, -0.15) is 4.31 Å². The second-order valence-corrected chi connectivity index (χ2v) is 6.53. The lowest BCUT2D eigenvalue weighted by Gasteiger charge is -2.31. The molecule has 0 amide bonds. The van der Waals surface area contributed by atoms with E-state index >= 15 is 0 Å². The number of hydrogen-bond donors (Lipinski definition) is 2. The van der Waals surface area contributed by atoms with Gasteiger partial charge in [-0.15, -0.1) is 12.4 Å². The van der Waals surface area contributed by atoms with Crippen molar-refractivity contribution in [3.05, 3.63) is 24.3 Å². The molecule has 0 aliphatic carbocycles. The molecule has 1 atom stereocenters. The van der Waals surface area contributed by atoms with Crippen LogP contribution in [-0.2, 0) is 10.0 Å². The number of piperazine rings is 1. The number of aromatic nitrogens is 2. The number of rotatable bonds is 2. The van der Waals surface area contributed by atoms with Gasteiger partial charge >= 0.3 is 0 Å². The molecule has 3 rings (SSSR count). The van der Waals surface area contributed by atoms with Gasteiger partial charge in [0.1, 0.15) is 0 Å². The molecule has 1 aromatic heterocycles. The molecule has 2 aromatic rings. The first-order valence-corrected chi connectivity index (χ1v) is 7.70. The maximum absolute atomic E-state index is 12.6. The predicted molar refractivity (Wildman–Crippen MR) is 79.6 cm³/mol.